The molecule has 1 aliphatic carbocycles. The van der Waals surface area contributed by atoms with Crippen LogP contribution in [0.5, 0.6) is 0 Å². The summed E-state index contributed by atoms with van der Waals surface area (Å²) in [5.41, 5.74) is -0.806. The Kier molecular flexibility index (Phi) is 4.52. The highest BCUT2D eigenvalue weighted by Gasteiger charge is 2.43. The summed E-state index contributed by atoms with van der Waals surface area (Å²) in [7, 11) is -1.26. The minimum Gasteiger partial charge on any atom is -0.333 e. The first-order chi connectivity index (χ1) is 9.92. The predicted octanol–water partition coefficient (Wildman–Crippen LogP) is 4.54. The van der Waals surface area contributed by atoms with E-state index in [4.69, 9.17) is 4.18 Å². The summed E-state index contributed by atoms with van der Waals surface area (Å²) < 4.78 is 45.1. The van der Waals surface area contributed by atoms with Crippen molar-refractivity contribution in [3.8, 4) is 0 Å². The van der Waals surface area contributed by atoms with Crippen LogP contribution in [-0.4, -0.2) is 33.3 Å². The molecule has 0 amide bonds. The van der Waals surface area contributed by atoms with Gasteiger partial charge in [0.15, 0.2) is 5.69 Å². The molecule has 0 radical (unpaired) electrons. The maximum Gasteiger partial charge on any atom is 0.435 e. The van der Waals surface area contributed by atoms with Crippen molar-refractivity contribution in [2.24, 2.45) is 0 Å². The molecule has 1 aromatic heterocycles. The number of rotatable bonds is 3. The molecule has 0 unspecified atom stereocenters. The fraction of sp³-hybridized carbons (Fsp3) is 0.733. The third-order valence-corrected chi connectivity index (χ3v) is 8.03. The Hall–Kier alpha value is -0.820. The average molecular weight is 336 g/mol. The molecular weight excluding hydrogens is 313 g/mol. The van der Waals surface area contributed by atoms with Crippen LogP contribution >= 0.6 is 10.3 Å². The third kappa shape index (κ3) is 3.56. The summed E-state index contributed by atoms with van der Waals surface area (Å²) >= 11 is 0. The van der Waals surface area contributed by atoms with Gasteiger partial charge in [-0.1, -0.05) is 20.8 Å². The summed E-state index contributed by atoms with van der Waals surface area (Å²) in [5.74, 6) is -0.217. The van der Waals surface area contributed by atoms with Gasteiger partial charge in [-0.2, -0.15) is 13.2 Å². The molecule has 1 saturated carbocycles. The molecule has 0 N–H and O–H groups in total. The van der Waals surface area contributed by atoms with Crippen molar-refractivity contribution in [1.29, 1.82) is 0 Å². The highest BCUT2D eigenvalue weighted by Crippen LogP contribution is 2.57. The van der Waals surface area contributed by atoms with E-state index in [1.54, 1.807) is 0 Å². The fourth-order valence-corrected chi connectivity index (χ4v) is 3.34. The maximum atomic E-state index is 13.0. The van der Waals surface area contributed by atoms with Crippen LogP contribution in [0.2, 0.25) is 0 Å². The van der Waals surface area contributed by atoms with Gasteiger partial charge in [0, 0.05) is 23.1 Å². The molecule has 0 spiro atoms. The molecule has 0 saturated heterocycles. The van der Waals surface area contributed by atoms with Crippen LogP contribution in [0.15, 0.2) is 12.4 Å². The largest absolute Gasteiger partial charge is 0.435 e. The molecule has 0 atom stereocenters. The van der Waals surface area contributed by atoms with Gasteiger partial charge in [0.25, 0.3) is 0 Å². The zero-order chi connectivity index (χ0) is 16.8. The second-order valence-electron chi connectivity index (χ2n) is 7.02. The van der Waals surface area contributed by atoms with Gasteiger partial charge in [-0.25, -0.2) is 4.98 Å². The zero-order valence-corrected chi connectivity index (χ0v) is 14.4. The lowest BCUT2D eigenvalue weighted by Crippen LogP contribution is -2.36. The van der Waals surface area contributed by atoms with E-state index in [9.17, 15) is 13.2 Å². The number of hydrogen-bond donors (Lipinski definition) is 0. The Balaban J connectivity index is 2.04. The van der Waals surface area contributed by atoms with Crippen LogP contribution in [0.25, 0.3) is 0 Å². The van der Waals surface area contributed by atoms with Crippen LogP contribution in [0.3, 0.4) is 0 Å². The van der Waals surface area contributed by atoms with Gasteiger partial charge in [0.05, 0.1) is 11.8 Å². The molecule has 0 aromatic carbocycles. The van der Waals surface area contributed by atoms with Gasteiger partial charge in [-0.05, 0) is 25.4 Å². The quantitative estimate of drug-likeness (QED) is 0.813. The van der Waals surface area contributed by atoms with Crippen LogP contribution in [-0.2, 0) is 10.4 Å². The minimum atomic E-state index is -4.45. The van der Waals surface area contributed by atoms with E-state index < -0.39 is 22.2 Å². The van der Waals surface area contributed by atoms with E-state index in [1.807, 2.05) is 0 Å². The summed E-state index contributed by atoms with van der Waals surface area (Å²) in [6.45, 7) is 6.38. The topological polar surface area (TPSA) is 35.0 Å². The highest BCUT2D eigenvalue weighted by atomic mass is 32.3. The smallest absolute Gasteiger partial charge is 0.333 e. The van der Waals surface area contributed by atoms with Crippen molar-refractivity contribution < 1.29 is 17.4 Å². The summed E-state index contributed by atoms with van der Waals surface area (Å²) in [6, 6.07) is 0. The molecule has 0 bridgehead atoms. The lowest BCUT2D eigenvalue weighted by atomic mass is 9.79. The minimum absolute atomic E-state index is 0.0114. The third-order valence-electron chi connectivity index (χ3n) is 4.33. The first kappa shape index (κ1) is 17.5. The number of aromatic nitrogens is 2. The Morgan fingerprint density at radius 3 is 2.14 bits per heavy atom. The van der Waals surface area contributed by atoms with Crippen LogP contribution in [0, 0.1) is 0 Å². The van der Waals surface area contributed by atoms with Crippen molar-refractivity contribution in [2.45, 2.75) is 56.6 Å². The number of hydrogen-bond acceptors (Lipinski definition) is 3. The molecule has 2 rings (SSSR count). The Labute approximate surface area is 131 Å². The molecule has 126 valence electrons. The molecule has 0 aliphatic heterocycles. The van der Waals surface area contributed by atoms with Crippen molar-refractivity contribution in [3.05, 3.63) is 23.8 Å². The SMILES string of the molecule is CC(C)(C)S(C)(C)OC1CC(c2nccnc2C(F)(F)F)C1. The van der Waals surface area contributed by atoms with Gasteiger partial charge in [-0.15, -0.1) is 10.3 Å². The molecule has 7 heteroatoms. The summed E-state index contributed by atoms with van der Waals surface area (Å²) in [5, 5.41) is 0. The predicted molar refractivity (Wildman–Crippen MR) is 83.1 cm³/mol. The lowest BCUT2D eigenvalue weighted by Gasteiger charge is -2.49. The van der Waals surface area contributed by atoms with E-state index in [0.29, 0.717) is 12.8 Å². The number of alkyl halides is 3. The maximum absolute atomic E-state index is 13.0. The van der Waals surface area contributed by atoms with Crippen LogP contribution < -0.4 is 0 Å². The molecule has 1 fully saturated rings. The van der Waals surface area contributed by atoms with Gasteiger partial charge in [0.2, 0.25) is 0 Å². The van der Waals surface area contributed by atoms with Gasteiger partial charge in [0.1, 0.15) is 0 Å². The molecule has 1 heterocycles. The van der Waals surface area contributed by atoms with E-state index in [1.165, 1.54) is 6.20 Å². The van der Waals surface area contributed by atoms with Crippen molar-refractivity contribution in [1.82, 2.24) is 9.97 Å². The monoisotopic (exact) mass is 336 g/mol. The van der Waals surface area contributed by atoms with Gasteiger partial charge < -0.3 is 4.18 Å². The molecule has 22 heavy (non-hydrogen) atoms. The summed E-state index contributed by atoms with van der Waals surface area (Å²) in [4.78, 5) is 7.38. The van der Waals surface area contributed by atoms with Crippen LogP contribution in [0.1, 0.15) is 50.9 Å². The second-order valence-corrected chi connectivity index (χ2v) is 10.9. The van der Waals surface area contributed by atoms with E-state index in [0.717, 1.165) is 6.20 Å². The Bertz CT molecular complexity index is 534. The van der Waals surface area contributed by atoms with E-state index in [2.05, 4.69) is 43.3 Å². The van der Waals surface area contributed by atoms with Crippen molar-refractivity contribution in [2.75, 3.05) is 12.5 Å². The van der Waals surface area contributed by atoms with Gasteiger partial charge >= 0.3 is 6.18 Å². The van der Waals surface area contributed by atoms with Crippen molar-refractivity contribution >= 4 is 10.3 Å². The van der Waals surface area contributed by atoms with E-state index in [-0.39, 0.29) is 22.5 Å². The number of halogens is 3. The highest BCUT2D eigenvalue weighted by molar-refractivity contribution is 8.29. The molecule has 1 aromatic rings. The average Bonchev–Trinajstić information content (AvgIpc) is 2.31. The Morgan fingerprint density at radius 1 is 1.09 bits per heavy atom. The first-order valence-electron chi connectivity index (χ1n) is 7.21. The van der Waals surface area contributed by atoms with Crippen molar-refractivity contribution in [3.63, 3.8) is 0 Å². The number of nitrogens with zero attached hydrogens (tertiary/aromatic N) is 2. The second kappa shape index (κ2) is 5.67. The van der Waals surface area contributed by atoms with E-state index >= 15 is 0 Å². The normalized spacial score (nSPS) is 24.0. The van der Waals surface area contributed by atoms with Gasteiger partial charge in [-0.3, -0.25) is 4.98 Å². The lowest BCUT2D eigenvalue weighted by molar-refractivity contribution is -0.142. The molecular formula is C15H23F3N2OS. The molecule has 1 aliphatic rings. The Morgan fingerprint density at radius 2 is 1.64 bits per heavy atom. The fourth-order valence-electron chi connectivity index (χ4n) is 2.22. The first-order valence-corrected chi connectivity index (χ1v) is 9.58. The zero-order valence-electron chi connectivity index (χ0n) is 13.6. The summed E-state index contributed by atoms with van der Waals surface area (Å²) in [6.07, 6.45) is 3.33. The molecule has 3 nitrogen and oxygen atoms in total. The standard InChI is InChI=1S/C15H23F3N2OS/c1-14(2,3)22(4,5)21-11-8-10(9-11)12-13(15(16,17)18)20-7-6-19-12/h6-7,10-11H,8-9H2,1-5H3. The van der Waals surface area contributed by atoms with Crippen LogP contribution in [0.4, 0.5) is 13.2 Å².